The molecule has 0 saturated heterocycles. The molecule has 0 aliphatic rings. The van der Waals surface area contributed by atoms with Crippen molar-refractivity contribution in [2.24, 2.45) is 0 Å². The Balaban J connectivity index is 2.33. The lowest BCUT2D eigenvalue weighted by Crippen LogP contribution is -2.35. The van der Waals surface area contributed by atoms with E-state index < -0.39 is 0 Å². The minimum Gasteiger partial charge on any atom is -0.466 e. The molecule has 0 atom stereocenters. The quantitative estimate of drug-likeness (QED) is 0.673. The number of nitrogens with zero attached hydrogens (tertiary/aromatic N) is 3. The fourth-order valence-electron chi connectivity index (χ4n) is 2.73. The molecular formula is C18H24ClN3O3. The molecule has 6 nitrogen and oxygen atoms in total. The third kappa shape index (κ3) is 4.51. The zero-order valence-corrected chi connectivity index (χ0v) is 15.7. The number of amides is 1. The standard InChI is InChI=1S/C18H24ClN3O3/c1-4-10-21(11-9-16(23)25-6-3)18(24)17-14(5-2)20-15-8-7-13(19)12-22(15)17/h7-8,12H,4-6,9-11H2,1-3H3. The van der Waals surface area contributed by atoms with Gasteiger partial charge in [0.05, 0.1) is 23.7 Å². The van der Waals surface area contributed by atoms with E-state index in [4.69, 9.17) is 16.3 Å². The lowest BCUT2D eigenvalue weighted by molar-refractivity contribution is -0.143. The third-order valence-electron chi connectivity index (χ3n) is 3.86. The molecule has 2 heterocycles. The molecule has 25 heavy (non-hydrogen) atoms. The Hall–Kier alpha value is -2.08. The Kier molecular flexibility index (Phi) is 6.82. The van der Waals surface area contributed by atoms with Crippen LogP contribution >= 0.6 is 11.6 Å². The molecule has 0 aromatic carbocycles. The summed E-state index contributed by atoms with van der Waals surface area (Å²) in [6.07, 6.45) is 3.32. The number of aromatic nitrogens is 2. The van der Waals surface area contributed by atoms with Gasteiger partial charge >= 0.3 is 5.97 Å². The van der Waals surface area contributed by atoms with E-state index in [1.54, 1.807) is 34.6 Å². The summed E-state index contributed by atoms with van der Waals surface area (Å²) in [6, 6.07) is 3.54. The summed E-state index contributed by atoms with van der Waals surface area (Å²) in [5, 5.41) is 0.537. The van der Waals surface area contributed by atoms with Crippen LogP contribution in [0.3, 0.4) is 0 Å². The van der Waals surface area contributed by atoms with Crippen molar-refractivity contribution >= 4 is 29.1 Å². The van der Waals surface area contributed by atoms with Crippen LogP contribution in [0.4, 0.5) is 0 Å². The van der Waals surface area contributed by atoms with Crippen molar-refractivity contribution in [3.8, 4) is 0 Å². The van der Waals surface area contributed by atoms with Gasteiger partial charge < -0.3 is 9.64 Å². The molecule has 0 saturated carbocycles. The van der Waals surface area contributed by atoms with Crippen molar-refractivity contribution in [3.05, 3.63) is 34.7 Å². The minimum atomic E-state index is -0.298. The number of hydrogen-bond donors (Lipinski definition) is 0. The van der Waals surface area contributed by atoms with Crippen molar-refractivity contribution in [3.63, 3.8) is 0 Å². The molecule has 0 spiro atoms. The summed E-state index contributed by atoms with van der Waals surface area (Å²) in [6.45, 7) is 6.95. The van der Waals surface area contributed by atoms with Crippen LogP contribution in [0.5, 0.6) is 0 Å². The van der Waals surface area contributed by atoms with Gasteiger partial charge in [-0.3, -0.25) is 14.0 Å². The maximum absolute atomic E-state index is 13.1. The lowest BCUT2D eigenvalue weighted by Gasteiger charge is -2.22. The molecule has 7 heteroatoms. The van der Waals surface area contributed by atoms with Crippen molar-refractivity contribution < 1.29 is 14.3 Å². The highest BCUT2D eigenvalue weighted by Crippen LogP contribution is 2.19. The number of rotatable bonds is 8. The van der Waals surface area contributed by atoms with Gasteiger partial charge in [-0.05, 0) is 31.9 Å². The molecular weight excluding hydrogens is 342 g/mol. The van der Waals surface area contributed by atoms with Crippen LogP contribution in [0.2, 0.25) is 5.02 Å². The average Bonchev–Trinajstić information content (AvgIpc) is 2.95. The highest BCUT2D eigenvalue weighted by Gasteiger charge is 2.24. The Morgan fingerprint density at radius 1 is 1.24 bits per heavy atom. The SMILES string of the molecule is CCCN(CCC(=O)OCC)C(=O)c1c(CC)nc2ccc(Cl)cn12. The van der Waals surface area contributed by atoms with Gasteiger partial charge in [-0.2, -0.15) is 0 Å². The molecule has 136 valence electrons. The Morgan fingerprint density at radius 3 is 2.64 bits per heavy atom. The van der Waals surface area contributed by atoms with Crippen molar-refractivity contribution in [1.29, 1.82) is 0 Å². The fraction of sp³-hybridized carbons (Fsp3) is 0.500. The number of pyridine rings is 1. The summed E-state index contributed by atoms with van der Waals surface area (Å²) < 4.78 is 6.69. The van der Waals surface area contributed by atoms with Gasteiger partial charge in [0, 0.05) is 19.3 Å². The first-order valence-corrected chi connectivity index (χ1v) is 9.00. The van der Waals surface area contributed by atoms with E-state index >= 15 is 0 Å². The zero-order chi connectivity index (χ0) is 18.4. The average molecular weight is 366 g/mol. The number of fused-ring (bicyclic) bond motifs is 1. The first kappa shape index (κ1) is 19.2. The summed E-state index contributed by atoms with van der Waals surface area (Å²) in [4.78, 5) is 31.0. The van der Waals surface area contributed by atoms with E-state index in [0.29, 0.717) is 42.5 Å². The van der Waals surface area contributed by atoms with E-state index in [1.807, 2.05) is 13.8 Å². The predicted octanol–water partition coefficient (Wildman–Crippen LogP) is 3.36. The second-order valence-corrected chi connectivity index (χ2v) is 6.12. The van der Waals surface area contributed by atoms with Crippen LogP contribution in [0.15, 0.2) is 18.3 Å². The first-order valence-electron chi connectivity index (χ1n) is 8.63. The van der Waals surface area contributed by atoms with Gasteiger partial charge in [-0.1, -0.05) is 25.4 Å². The van der Waals surface area contributed by atoms with Crippen LogP contribution in [-0.4, -0.2) is 45.9 Å². The second kappa shape index (κ2) is 8.85. The summed E-state index contributed by atoms with van der Waals surface area (Å²) in [7, 11) is 0. The molecule has 1 amide bonds. The molecule has 0 aliphatic carbocycles. The van der Waals surface area contributed by atoms with Crippen LogP contribution < -0.4 is 0 Å². The number of hydrogen-bond acceptors (Lipinski definition) is 4. The Labute approximate surface area is 152 Å². The largest absolute Gasteiger partial charge is 0.466 e. The van der Waals surface area contributed by atoms with Crippen LogP contribution in [0, 0.1) is 0 Å². The zero-order valence-electron chi connectivity index (χ0n) is 14.9. The summed E-state index contributed by atoms with van der Waals surface area (Å²) in [5.41, 5.74) is 1.92. The van der Waals surface area contributed by atoms with Crippen molar-refractivity contribution in [1.82, 2.24) is 14.3 Å². The van der Waals surface area contributed by atoms with Gasteiger partial charge in [0.1, 0.15) is 11.3 Å². The molecule has 0 fully saturated rings. The van der Waals surface area contributed by atoms with Gasteiger partial charge in [-0.25, -0.2) is 4.98 Å². The lowest BCUT2D eigenvalue weighted by atomic mass is 10.2. The highest BCUT2D eigenvalue weighted by atomic mass is 35.5. The normalized spacial score (nSPS) is 10.9. The fourth-order valence-corrected chi connectivity index (χ4v) is 2.89. The van der Waals surface area contributed by atoms with Crippen molar-refractivity contribution in [2.45, 2.75) is 40.0 Å². The summed E-state index contributed by atoms with van der Waals surface area (Å²) >= 11 is 6.09. The molecule has 0 bridgehead atoms. The van der Waals surface area contributed by atoms with Crippen LogP contribution in [-0.2, 0) is 16.0 Å². The smallest absolute Gasteiger partial charge is 0.307 e. The number of aryl methyl sites for hydroxylation is 1. The Morgan fingerprint density at radius 2 is 2.00 bits per heavy atom. The van der Waals surface area contributed by atoms with E-state index in [0.717, 1.165) is 12.1 Å². The van der Waals surface area contributed by atoms with E-state index in [9.17, 15) is 9.59 Å². The van der Waals surface area contributed by atoms with Crippen molar-refractivity contribution in [2.75, 3.05) is 19.7 Å². The number of halogens is 1. The van der Waals surface area contributed by atoms with Gasteiger partial charge in [-0.15, -0.1) is 0 Å². The maximum atomic E-state index is 13.1. The molecule has 0 aliphatic heterocycles. The summed E-state index contributed by atoms with van der Waals surface area (Å²) in [5.74, 6) is -0.439. The molecule has 0 N–H and O–H groups in total. The monoisotopic (exact) mass is 365 g/mol. The van der Waals surface area contributed by atoms with Crippen LogP contribution in [0.25, 0.3) is 5.65 Å². The number of carbonyl (C=O) groups is 2. The van der Waals surface area contributed by atoms with E-state index in [-0.39, 0.29) is 18.3 Å². The first-order chi connectivity index (χ1) is 12.0. The topological polar surface area (TPSA) is 63.9 Å². The highest BCUT2D eigenvalue weighted by molar-refractivity contribution is 6.30. The van der Waals surface area contributed by atoms with Gasteiger partial charge in [0.2, 0.25) is 0 Å². The third-order valence-corrected chi connectivity index (χ3v) is 4.09. The Bertz CT molecular complexity index is 757. The number of imidazole rings is 1. The number of ether oxygens (including phenoxy) is 1. The minimum absolute atomic E-state index is 0.141. The molecule has 2 aromatic rings. The second-order valence-electron chi connectivity index (χ2n) is 5.68. The van der Waals surface area contributed by atoms with Crippen LogP contribution in [0.1, 0.15) is 49.8 Å². The van der Waals surface area contributed by atoms with Gasteiger partial charge in [0.25, 0.3) is 5.91 Å². The van der Waals surface area contributed by atoms with E-state index in [2.05, 4.69) is 4.98 Å². The maximum Gasteiger partial charge on any atom is 0.307 e. The molecule has 2 aromatic heterocycles. The molecule has 2 rings (SSSR count). The van der Waals surface area contributed by atoms with Gasteiger partial charge in [0.15, 0.2) is 0 Å². The predicted molar refractivity (Wildman–Crippen MR) is 97.0 cm³/mol. The number of carbonyl (C=O) groups excluding carboxylic acids is 2. The van der Waals surface area contributed by atoms with E-state index in [1.165, 1.54) is 0 Å². The molecule has 0 radical (unpaired) electrons. The number of esters is 1. The molecule has 0 unspecified atom stereocenters.